The Bertz CT molecular complexity index is 841. The zero-order valence-electron chi connectivity index (χ0n) is 15.9. The van der Waals surface area contributed by atoms with Crippen molar-refractivity contribution in [2.75, 3.05) is 0 Å². The average molecular weight is 361 g/mol. The summed E-state index contributed by atoms with van der Waals surface area (Å²) in [5.74, 6) is 0.110. The Balaban J connectivity index is 1.75. The first-order valence-electron chi connectivity index (χ1n) is 9.68. The Morgan fingerprint density at radius 1 is 1.00 bits per heavy atom. The fourth-order valence-electron chi connectivity index (χ4n) is 3.10. The molecule has 0 atom stereocenters. The van der Waals surface area contributed by atoms with Gasteiger partial charge in [0.05, 0.1) is 12.2 Å². The molecule has 1 N–H and O–H groups in total. The molecule has 0 spiro atoms. The molecule has 0 unspecified atom stereocenters. The summed E-state index contributed by atoms with van der Waals surface area (Å²) in [6.07, 6.45) is 5.80. The van der Waals surface area contributed by atoms with Gasteiger partial charge in [-0.25, -0.2) is 0 Å². The van der Waals surface area contributed by atoms with Crippen LogP contribution in [0.1, 0.15) is 43.7 Å². The normalized spacial score (nSPS) is 10.7. The molecule has 0 aliphatic rings. The number of carbonyl (C=O) groups is 1. The van der Waals surface area contributed by atoms with Gasteiger partial charge in [-0.05, 0) is 12.0 Å². The van der Waals surface area contributed by atoms with Crippen LogP contribution in [-0.2, 0) is 17.9 Å². The maximum Gasteiger partial charge on any atom is 0.220 e. The van der Waals surface area contributed by atoms with Crippen LogP contribution in [0, 0.1) is 0 Å². The highest BCUT2D eigenvalue weighted by atomic mass is 16.1. The first kappa shape index (κ1) is 18.9. The number of nitrogens with one attached hydrogen (secondary N) is 1. The van der Waals surface area contributed by atoms with Gasteiger partial charge in [0.1, 0.15) is 0 Å². The summed E-state index contributed by atoms with van der Waals surface area (Å²) in [6.45, 7) is 3.36. The minimum absolute atomic E-state index is 0.110. The van der Waals surface area contributed by atoms with Gasteiger partial charge >= 0.3 is 0 Å². The molecule has 4 heteroatoms. The molecule has 1 amide bonds. The lowest BCUT2D eigenvalue weighted by atomic mass is 10.1. The predicted octanol–water partition coefficient (Wildman–Crippen LogP) is 4.79. The largest absolute Gasteiger partial charge is 0.352 e. The van der Waals surface area contributed by atoms with Gasteiger partial charge < -0.3 is 5.32 Å². The van der Waals surface area contributed by atoms with E-state index in [9.17, 15) is 4.79 Å². The number of rotatable bonds is 9. The van der Waals surface area contributed by atoms with Gasteiger partial charge in [0.15, 0.2) is 0 Å². The van der Waals surface area contributed by atoms with E-state index in [1.807, 2.05) is 47.3 Å². The third-order valence-electron chi connectivity index (χ3n) is 4.56. The summed E-state index contributed by atoms with van der Waals surface area (Å²) in [6, 6.07) is 20.4. The van der Waals surface area contributed by atoms with Gasteiger partial charge in [-0.1, -0.05) is 80.4 Å². The molecule has 27 heavy (non-hydrogen) atoms. The van der Waals surface area contributed by atoms with Gasteiger partial charge in [-0.2, -0.15) is 5.10 Å². The van der Waals surface area contributed by atoms with E-state index in [2.05, 4.69) is 36.5 Å². The third kappa shape index (κ3) is 5.55. The molecule has 0 aliphatic heterocycles. The van der Waals surface area contributed by atoms with Gasteiger partial charge in [-0.3, -0.25) is 9.48 Å². The van der Waals surface area contributed by atoms with Crippen LogP contribution in [0.3, 0.4) is 0 Å². The molecule has 4 nitrogen and oxygen atoms in total. The second kappa shape index (κ2) is 9.72. The molecule has 3 rings (SSSR count). The van der Waals surface area contributed by atoms with Crippen LogP contribution in [0.25, 0.3) is 11.3 Å². The second-order valence-corrected chi connectivity index (χ2v) is 6.79. The Hall–Kier alpha value is -2.88. The lowest BCUT2D eigenvalue weighted by Gasteiger charge is -2.05. The number of amides is 1. The lowest BCUT2D eigenvalue weighted by molar-refractivity contribution is -0.121. The molecule has 1 heterocycles. The fourth-order valence-corrected chi connectivity index (χ4v) is 3.10. The molecule has 1 aromatic heterocycles. The number of hydrogen-bond donors (Lipinski definition) is 1. The smallest absolute Gasteiger partial charge is 0.220 e. The molecule has 0 fully saturated rings. The molecular weight excluding hydrogens is 334 g/mol. The van der Waals surface area contributed by atoms with E-state index in [0.29, 0.717) is 19.5 Å². The molecule has 0 radical (unpaired) electrons. The topological polar surface area (TPSA) is 46.9 Å². The van der Waals surface area contributed by atoms with Gasteiger partial charge in [0.2, 0.25) is 5.91 Å². The maximum atomic E-state index is 12.1. The Morgan fingerprint density at radius 3 is 2.41 bits per heavy atom. The van der Waals surface area contributed by atoms with Crippen LogP contribution in [-0.4, -0.2) is 15.7 Å². The number of aromatic nitrogens is 2. The number of nitrogens with zero attached hydrogens (tertiary/aromatic N) is 2. The maximum absolute atomic E-state index is 12.1. The third-order valence-corrected chi connectivity index (χ3v) is 4.56. The number of benzene rings is 2. The molecule has 140 valence electrons. The van der Waals surface area contributed by atoms with Crippen molar-refractivity contribution in [2.45, 2.75) is 45.7 Å². The Labute approximate surface area is 161 Å². The molecule has 3 aromatic rings. The molecule has 2 aromatic carbocycles. The highest BCUT2D eigenvalue weighted by molar-refractivity contribution is 5.76. The molecule has 0 saturated carbocycles. The summed E-state index contributed by atoms with van der Waals surface area (Å²) in [5.41, 5.74) is 4.25. The highest BCUT2D eigenvalue weighted by Crippen LogP contribution is 2.22. The minimum Gasteiger partial charge on any atom is -0.352 e. The van der Waals surface area contributed by atoms with Crippen LogP contribution in [0.15, 0.2) is 66.9 Å². The minimum atomic E-state index is 0.110. The van der Waals surface area contributed by atoms with Crippen LogP contribution in [0.2, 0.25) is 0 Å². The first-order valence-corrected chi connectivity index (χ1v) is 9.68. The fraction of sp³-hybridized carbons (Fsp3) is 0.304. The quantitative estimate of drug-likeness (QED) is 0.557. The second-order valence-electron chi connectivity index (χ2n) is 6.79. The molecule has 0 saturated heterocycles. The van der Waals surface area contributed by atoms with E-state index in [4.69, 9.17) is 5.10 Å². The highest BCUT2D eigenvalue weighted by Gasteiger charge is 2.12. The molecular formula is C23H27N3O. The average Bonchev–Trinajstić information content (AvgIpc) is 3.11. The van der Waals surface area contributed by atoms with Gasteiger partial charge in [0, 0.05) is 30.3 Å². The van der Waals surface area contributed by atoms with Crippen LogP contribution in [0.5, 0.6) is 0 Å². The number of hydrogen-bond acceptors (Lipinski definition) is 2. The summed E-state index contributed by atoms with van der Waals surface area (Å²) in [4.78, 5) is 12.1. The monoisotopic (exact) mass is 361 g/mol. The van der Waals surface area contributed by atoms with Crippen molar-refractivity contribution in [2.24, 2.45) is 0 Å². The van der Waals surface area contributed by atoms with Gasteiger partial charge in [0.25, 0.3) is 0 Å². The van der Waals surface area contributed by atoms with E-state index >= 15 is 0 Å². The predicted molar refractivity (Wildman–Crippen MR) is 109 cm³/mol. The lowest BCUT2D eigenvalue weighted by Crippen LogP contribution is -2.22. The van der Waals surface area contributed by atoms with E-state index in [1.54, 1.807) is 0 Å². The van der Waals surface area contributed by atoms with Crippen LogP contribution >= 0.6 is 0 Å². The zero-order valence-corrected chi connectivity index (χ0v) is 15.9. The van der Waals surface area contributed by atoms with Crippen LogP contribution in [0.4, 0.5) is 0 Å². The Kier molecular flexibility index (Phi) is 6.80. The van der Waals surface area contributed by atoms with Crippen molar-refractivity contribution in [1.29, 1.82) is 0 Å². The summed E-state index contributed by atoms with van der Waals surface area (Å²) < 4.78 is 1.95. The SMILES string of the molecule is CCCCCC(=O)NCc1cn(Cc2ccccc2)nc1-c1ccccc1. The summed E-state index contributed by atoms with van der Waals surface area (Å²) >= 11 is 0. The van der Waals surface area contributed by atoms with Crippen LogP contribution < -0.4 is 5.32 Å². The van der Waals surface area contributed by atoms with E-state index in [1.165, 1.54) is 5.56 Å². The van der Waals surface area contributed by atoms with E-state index in [0.717, 1.165) is 36.1 Å². The summed E-state index contributed by atoms with van der Waals surface area (Å²) in [5, 5.41) is 7.85. The molecule has 0 aliphatic carbocycles. The standard InChI is InChI=1S/C23H27N3O/c1-2-3-6-15-22(27)24-16-21-18-26(17-19-11-7-4-8-12-19)25-23(21)20-13-9-5-10-14-20/h4-5,7-14,18H,2-3,6,15-17H2,1H3,(H,24,27). The van der Waals surface area contributed by atoms with Crippen molar-refractivity contribution in [3.05, 3.63) is 78.0 Å². The van der Waals surface area contributed by atoms with Crippen molar-refractivity contribution in [3.63, 3.8) is 0 Å². The van der Waals surface area contributed by atoms with Crippen molar-refractivity contribution < 1.29 is 4.79 Å². The van der Waals surface area contributed by atoms with E-state index in [-0.39, 0.29) is 5.91 Å². The molecule has 0 bridgehead atoms. The van der Waals surface area contributed by atoms with E-state index < -0.39 is 0 Å². The zero-order chi connectivity index (χ0) is 18.9. The first-order chi connectivity index (χ1) is 13.3. The Morgan fingerprint density at radius 2 is 1.70 bits per heavy atom. The van der Waals surface area contributed by atoms with Crippen molar-refractivity contribution in [3.8, 4) is 11.3 Å². The van der Waals surface area contributed by atoms with Crippen molar-refractivity contribution in [1.82, 2.24) is 15.1 Å². The van der Waals surface area contributed by atoms with Gasteiger partial charge in [-0.15, -0.1) is 0 Å². The van der Waals surface area contributed by atoms with Crippen molar-refractivity contribution >= 4 is 5.91 Å². The number of unbranched alkanes of at least 4 members (excludes halogenated alkanes) is 2. The summed E-state index contributed by atoms with van der Waals surface area (Å²) in [7, 11) is 0. The number of carbonyl (C=O) groups excluding carboxylic acids is 1.